The van der Waals surface area contributed by atoms with E-state index in [4.69, 9.17) is 4.74 Å². The first-order chi connectivity index (χ1) is 10.7. The molecule has 122 valence electrons. The zero-order valence-corrected chi connectivity index (χ0v) is 14.8. The molecule has 1 aliphatic rings. The molecular formula is C17H20N2O3S. The van der Waals surface area contributed by atoms with Crippen LogP contribution in [0.15, 0.2) is 6.07 Å². The van der Waals surface area contributed by atoms with E-state index in [2.05, 4.69) is 5.10 Å². The smallest absolute Gasteiger partial charge is 0.461 e. The number of carbonyl (C=O) groups excluding carboxylic acids is 1. The maximum Gasteiger partial charge on any atom is 0.461 e. The van der Waals surface area contributed by atoms with Crippen LogP contribution in [0.5, 0.6) is 11.5 Å². The predicted molar refractivity (Wildman–Crippen MR) is 85.1 cm³/mol. The molecule has 1 unspecified atom stereocenters. The number of ether oxygens (including phenoxy) is 1. The third kappa shape index (κ3) is 2.51. The van der Waals surface area contributed by atoms with Gasteiger partial charge in [-0.05, 0) is 61.3 Å². The van der Waals surface area contributed by atoms with Gasteiger partial charge < -0.3 is 9.84 Å². The molecule has 0 saturated heterocycles. The Kier molecular flexibility index (Phi) is 3.67. The van der Waals surface area contributed by atoms with E-state index in [-0.39, 0.29) is 11.7 Å². The van der Waals surface area contributed by atoms with Crippen LogP contribution in [0, 0.1) is 27.7 Å². The van der Waals surface area contributed by atoms with Crippen LogP contribution in [0.2, 0.25) is 0 Å². The first kappa shape index (κ1) is 15.9. The van der Waals surface area contributed by atoms with Crippen molar-refractivity contribution >= 4 is 17.2 Å². The Morgan fingerprint density at radius 1 is 1.39 bits per heavy atom. The van der Waals surface area contributed by atoms with Crippen molar-refractivity contribution in [3.63, 3.8) is 0 Å². The molecule has 23 heavy (non-hydrogen) atoms. The Bertz CT molecular complexity index is 813. The van der Waals surface area contributed by atoms with Crippen LogP contribution in [-0.2, 0) is 6.42 Å². The van der Waals surface area contributed by atoms with Gasteiger partial charge in [-0.3, -0.25) is 0 Å². The van der Waals surface area contributed by atoms with E-state index in [0.717, 1.165) is 21.1 Å². The molecule has 1 atom stereocenters. The van der Waals surface area contributed by atoms with Crippen LogP contribution in [0.1, 0.15) is 44.8 Å². The molecule has 0 spiro atoms. The monoisotopic (exact) mass is 332 g/mol. The van der Waals surface area contributed by atoms with Gasteiger partial charge in [0, 0.05) is 18.4 Å². The standard InChI is InChI=1S/C17H20N2O3S/c1-9-8-14(20)10(2)13-6-7-17(5,22-15(9)13)16(21)19-12(4)23-11(3)18-19/h8H,6-7H2,1-5H3. The van der Waals surface area contributed by atoms with Gasteiger partial charge in [0.2, 0.25) is 5.60 Å². The van der Waals surface area contributed by atoms with Crippen molar-refractivity contribution in [1.29, 1.82) is 0 Å². The van der Waals surface area contributed by atoms with E-state index in [9.17, 15) is 9.90 Å². The Morgan fingerprint density at radius 2 is 2.09 bits per heavy atom. The van der Waals surface area contributed by atoms with Crippen molar-refractivity contribution in [2.75, 3.05) is 0 Å². The summed E-state index contributed by atoms with van der Waals surface area (Å²) < 4.78 is 7.56. The number of benzene rings is 1. The van der Waals surface area contributed by atoms with E-state index in [0.29, 0.717) is 24.2 Å². The number of aryl methyl sites for hydroxylation is 3. The molecule has 6 heteroatoms. The van der Waals surface area contributed by atoms with E-state index in [1.165, 1.54) is 16.0 Å². The van der Waals surface area contributed by atoms with Crippen molar-refractivity contribution in [3.05, 3.63) is 32.8 Å². The molecule has 0 aliphatic carbocycles. The molecule has 0 amide bonds. The molecule has 0 radical (unpaired) electrons. The summed E-state index contributed by atoms with van der Waals surface area (Å²) in [6.07, 6.45) is 1.19. The number of nitrogens with zero attached hydrogens (tertiary/aromatic N) is 2. The average Bonchev–Trinajstić information content (AvgIpc) is 2.82. The van der Waals surface area contributed by atoms with Crippen LogP contribution in [0.25, 0.3) is 0 Å². The van der Waals surface area contributed by atoms with E-state index < -0.39 is 5.60 Å². The summed E-state index contributed by atoms with van der Waals surface area (Å²) in [5, 5.41) is 17.9. The Balaban J connectivity index is 2.02. The third-order valence-corrected chi connectivity index (χ3v) is 5.31. The Labute approximate surface area is 139 Å². The maximum atomic E-state index is 12.9. The van der Waals surface area contributed by atoms with Crippen LogP contribution < -0.4 is 14.5 Å². The zero-order chi connectivity index (χ0) is 16.9. The quantitative estimate of drug-likeness (QED) is 0.751. The minimum Gasteiger partial charge on any atom is -0.872 e. The molecule has 1 aromatic heterocycles. The van der Waals surface area contributed by atoms with Gasteiger partial charge in [-0.2, -0.15) is 0 Å². The summed E-state index contributed by atoms with van der Waals surface area (Å²) in [6.45, 7) is 9.23. The lowest BCUT2D eigenvalue weighted by molar-refractivity contribution is -0.643. The third-order valence-electron chi connectivity index (χ3n) is 4.46. The Hall–Kier alpha value is -1.95. The van der Waals surface area contributed by atoms with Gasteiger partial charge in [-0.15, -0.1) is 5.75 Å². The number of aromatic nitrogens is 2. The highest BCUT2D eigenvalue weighted by atomic mass is 32.1. The summed E-state index contributed by atoms with van der Waals surface area (Å²) in [4.78, 5) is 12.9. The number of hydrogen-bond acceptors (Lipinski definition) is 5. The highest BCUT2D eigenvalue weighted by molar-refractivity contribution is 7.10. The van der Waals surface area contributed by atoms with Gasteiger partial charge in [0.15, 0.2) is 5.01 Å². The second-order valence-corrected chi connectivity index (χ2v) is 7.70. The normalized spacial score (nSPS) is 20.0. The van der Waals surface area contributed by atoms with E-state index in [1.807, 2.05) is 27.7 Å². The molecule has 3 rings (SSSR count). The number of hydrogen-bond donors (Lipinski definition) is 0. The van der Waals surface area contributed by atoms with E-state index >= 15 is 0 Å². The van der Waals surface area contributed by atoms with Gasteiger partial charge in [-0.1, -0.05) is 11.6 Å². The molecule has 1 aliphatic heterocycles. The van der Waals surface area contributed by atoms with Crippen molar-refractivity contribution in [2.24, 2.45) is 0 Å². The van der Waals surface area contributed by atoms with Gasteiger partial charge in [-0.25, -0.2) is 4.79 Å². The summed E-state index contributed by atoms with van der Waals surface area (Å²) in [7, 11) is 0. The summed E-state index contributed by atoms with van der Waals surface area (Å²) in [5.74, 6) is 0.544. The molecule has 5 nitrogen and oxygen atoms in total. The zero-order valence-electron chi connectivity index (χ0n) is 14.0. The maximum absolute atomic E-state index is 12.9. The SMILES string of the molecule is Cc1n[n+](C(=O)C2(C)CCc3c(C)c([O-])cc(C)c3O2)c(C)s1. The van der Waals surface area contributed by atoms with Crippen molar-refractivity contribution in [3.8, 4) is 11.5 Å². The second kappa shape index (κ2) is 5.30. The lowest BCUT2D eigenvalue weighted by Crippen LogP contribution is -2.61. The summed E-state index contributed by atoms with van der Waals surface area (Å²) in [6, 6.07) is 1.58. The summed E-state index contributed by atoms with van der Waals surface area (Å²) in [5.41, 5.74) is 1.46. The molecular weight excluding hydrogens is 312 g/mol. The lowest BCUT2D eigenvalue weighted by Gasteiger charge is -2.34. The number of fused-ring (bicyclic) bond motifs is 1. The fourth-order valence-electron chi connectivity index (χ4n) is 3.06. The lowest BCUT2D eigenvalue weighted by atomic mass is 9.88. The van der Waals surface area contributed by atoms with Crippen LogP contribution in [0.4, 0.5) is 0 Å². The van der Waals surface area contributed by atoms with Gasteiger partial charge in [0.25, 0.3) is 5.01 Å². The second-order valence-electron chi connectivity index (χ2n) is 6.31. The first-order valence-corrected chi connectivity index (χ1v) is 8.45. The van der Waals surface area contributed by atoms with Gasteiger partial charge in [0.05, 0.1) is 0 Å². The molecule has 0 saturated carbocycles. The molecule has 2 heterocycles. The van der Waals surface area contributed by atoms with E-state index in [1.54, 1.807) is 13.0 Å². The minimum atomic E-state index is -0.968. The number of rotatable bonds is 1. The summed E-state index contributed by atoms with van der Waals surface area (Å²) >= 11 is 1.49. The van der Waals surface area contributed by atoms with Crippen LogP contribution in [-0.4, -0.2) is 16.6 Å². The van der Waals surface area contributed by atoms with Crippen molar-refractivity contribution in [2.45, 2.75) is 53.1 Å². The van der Waals surface area contributed by atoms with Gasteiger partial charge >= 0.3 is 5.91 Å². The topological polar surface area (TPSA) is 66.1 Å². The average molecular weight is 332 g/mol. The molecule has 1 aromatic carbocycles. The molecule has 0 N–H and O–H groups in total. The van der Waals surface area contributed by atoms with Crippen molar-refractivity contribution in [1.82, 2.24) is 5.10 Å². The predicted octanol–water partition coefficient (Wildman–Crippen LogP) is 2.16. The van der Waals surface area contributed by atoms with Crippen molar-refractivity contribution < 1.29 is 19.3 Å². The molecule has 0 fully saturated rings. The highest BCUT2D eigenvalue weighted by Gasteiger charge is 2.48. The van der Waals surface area contributed by atoms with Crippen LogP contribution >= 0.6 is 11.3 Å². The first-order valence-electron chi connectivity index (χ1n) is 7.63. The van der Waals surface area contributed by atoms with Crippen LogP contribution in [0.3, 0.4) is 0 Å². The Morgan fingerprint density at radius 3 is 2.70 bits per heavy atom. The molecule has 2 aromatic rings. The highest BCUT2D eigenvalue weighted by Crippen LogP contribution is 2.40. The van der Waals surface area contributed by atoms with Gasteiger partial charge in [0.1, 0.15) is 5.75 Å². The fourth-order valence-corrected chi connectivity index (χ4v) is 3.82. The molecule has 0 bridgehead atoms. The largest absolute Gasteiger partial charge is 0.872 e. The fraction of sp³-hybridized carbons (Fsp3) is 0.471. The minimum absolute atomic E-state index is 0.0279. The number of carbonyl (C=O) groups is 1.